The molecule has 8 heteroatoms. The smallest absolute Gasteiger partial charge is 0.254 e. The first kappa shape index (κ1) is 28.8. The fourth-order valence-corrected chi connectivity index (χ4v) is 5.88. The van der Waals surface area contributed by atoms with Crippen LogP contribution in [0.2, 0.25) is 0 Å². The molecular formula is C34H36N2O6. The van der Waals surface area contributed by atoms with Crippen LogP contribution < -0.4 is 29.6 Å². The number of rotatable bonds is 9. The molecule has 1 aliphatic carbocycles. The first-order valence-corrected chi connectivity index (χ1v) is 14.0. The second-order valence-electron chi connectivity index (χ2n) is 10.3. The molecule has 1 aliphatic heterocycles. The number of Topliss-reactive ketones (excluding diaryl/α,β-unsaturated/α-hetero) is 1. The van der Waals surface area contributed by atoms with Gasteiger partial charge in [0.05, 0.1) is 33.6 Å². The Hall–Kier alpha value is -4.72. The van der Waals surface area contributed by atoms with Crippen molar-refractivity contribution in [3.63, 3.8) is 0 Å². The van der Waals surface area contributed by atoms with Crippen LogP contribution in [0, 0.1) is 0 Å². The molecule has 0 radical (unpaired) electrons. The molecule has 3 aromatic rings. The summed E-state index contributed by atoms with van der Waals surface area (Å²) in [6, 6.07) is 20.7. The zero-order valence-electron chi connectivity index (χ0n) is 24.6. The SMILES string of the molecule is CCOc1ccc([C@@H]2C(C(=O)Nc3ccccc3OC)=C(C)NC3=C2C(=O)C[C@H](c2ccc(OC)c(OC)c2)C3)cc1. The van der Waals surface area contributed by atoms with Crippen LogP contribution in [-0.2, 0) is 9.59 Å². The fourth-order valence-electron chi connectivity index (χ4n) is 5.88. The summed E-state index contributed by atoms with van der Waals surface area (Å²) < 4.78 is 22.0. The van der Waals surface area contributed by atoms with Gasteiger partial charge < -0.3 is 29.6 Å². The number of anilines is 1. The summed E-state index contributed by atoms with van der Waals surface area (Å²) in [6.07, 6.45) is 0.923. The van der Waals surface area contributed by atoms with E-state index in [1.54, 1.807) is 33.5 Å². The lowest BCUT2D eigenvalue weighted by molar-refractivity contribution is -0.116. The Morgan fingerprint density at radius 2 is 1.57 bits per heavy atom. The molecule has 3 aromatic carbocycles. The Balaban J connectivity index is 1.55. The largest absolute Gasteiger partial charge is 0.495 e. The number of ether oxygens (including phenoxy) is 4. The Morgan fingerprint density at radius 1 is 0.881 bits per heavy atom. The number of para-hydroxylation sites is 2. The fraction of sp³-hybridized carbons (Fsp3) is 0.294. The number of allylic oxidation sites excluding steroid dienone is 3. The second-order valence-corrected chi connectivity index (χ2v) is 10.3. The lowest BCUT2D eigenvalue weighted by Gasteiger charge is -2.37. The van der Waals surface area contributed by atoms with Crippen LogP contribution in [0.3, 0.4) is 0 Å². The molecule has 0 unspecified atom stereocenters. The van der Waals surface area contributed by atoms with Crippen molar-refractivity contribution in [1.29, 1.82) is 0 Å². The van der Waals surface area contributed by atoms with Gasteiger partial charge in [-0.15, -0.1) is 0 Å². The van der Waals surface area contributed by atoms with E-state index in [9.17, 15) is 9.59 Å². The summed E-state index contributed by atoms with van der Waals surface area (Å²) in [4.78, 5) is 28.0. The van der Waals surface area contributed by atoms with Gasteiger partial charge in [0.1, 0.15) is 11.5 Å². The van der Waals surface area contributed by atoms with Crippen LogP contribution in [0.1, 0.15) is 49.7 Å². The van der Waals surface area contributed by atoms with Gasteiger partial charge in [-0.1, -0.05) is 30.3 Å². The number of carbonyl (C=O) groups is 2. The molecule has 0 saturated heterocycles. The van der Waals surface area contributed by atoms with Crippen LogP contribution in [0.4, 0.5) is 5.69 Å². The molecule has 8 nitrogen and oxygen atoms in total. The molecule has 0 aromatic heterocycles. The molecular weight excluding hydrogens is 532 g/mol. The van der Waals surface area contributed by atoms with E-state index >= 15 is 0 Å². The highest BCUT2D eigenvalue weighted by Crippen LogP contribution is 2.47. The molecule has 1 amide bonds. The molecule has 1 heterocycles. The van der Waals surface area contributed by atoms with Gasteiger partial charge in [-0.25, -0.2) is 0 Å². The third-order valence-electron chi connectivity index (χ3n) is 7.83. The normalized spacial score (nSPS) is 18.2. The van der Waals surface area contributed by atoms with Crippen molar-refractivity contribution < 1.29 is 28.5 Å². The van der Waals surface area contributed by atoms with Gasteiger partial charge >= 0.3 is 0 Å². The third-order valence-corrected chi connectivity index (χ3v) is 7.83. The van der Waals surface area contributed by atoms with E-state index in [2.05, 4.69) is 10.6 Å². The minimum Gasteiger partial charge on any atom is -0.495 e. The number of dihydropyridines is 1. The summed E-state index contributed by atoms with van der Waals surface area (Å²) in [7, 11) is 4.76. The predicted molar refractivity (Wildman–Crippen MR) is 161 cm³/mol. The Bertz CT molecular complexity index is 1560. The van der Waals surface area contributed by atoms with Crippen molar-refractivity contribution in [2.45, 2.75) is 38.5 Å². The van der Waals surface area contributed by atoms with E-state index in [4.69, 9.17) is 18.9 Å². The summed E-state index contributed by atoms with van der Waals surface area (Å²) in [5, 5.41) is 6.46. The Labute approximate surface area is 246 Å². The van der Waals surface area contributed by atoms with E-state index in [1.165, 1.54) is 0 Å². The Kier molecular flexibility index (Phi) is 8.52. The minimum absolute atomic E-state index is 0.00230. The van der Waals surface area contributed by atoms with E-state index in [1.807, 2.05) is 68.4 Å². The van der Waals surface area contributed by atoms with Gasteiger partial charge in [-0.05, 0) is 73.7 Å². The maximum atomic E-state index is 14.0. The minimum atomic E-state index is -0.550. The number of carbonyl (C=O) groups excluding carboxylic acids is 2. The topological polar surface area (TPSA) is 95.1 Å². The van der Waals surface area contributed by atoms with Crippen molar-refractivity contribution in [2.75, 3.05) is 33.3 Å². The number of ketones is 1. The maximum absolute atomic E-state index is 14.0. The molecule has 0 bridgehead atoms. The number of nitrogens with one attached hydrogen (secondary N) is 2. The van der Waals surface area contributed by atoms with Gasteiger partial charge in [0.15, 0.2) is 17.3 Å². The van der Waals surface area contributed by atoms with E-state index < -0.39 is 5.92 Å². The molecule has 42 heavy (non-hydrogen) atoms. The van der Waals surface area contributed by atoms with Crippen molar-refractivity contribution in [3.05, 3.63) is 100 Å². The highest BCUT2D eigenvalue weighted by atomic mass is 16.5. The number of benzene rings is 3. The number of methoxy groups -OCH3 is 3. The summed E-state index contributed by atoms with van der Waals surface area (Å²) >= 11 is 0. The number of amides is 1. The molecule has 5 rings (SSSR count). The second kappa shape index (κ2) is 12.4. The maximum Gasteiger partial charge on any atom is 0.254 e. The van der Waals surface area contributed by atoms with Crippen molar-refractivity contribution in [2.24, 2.45) is 0 Å². The van der Waals surface area contributed by atoms with Crippen molar-refractivity contribution >= 4 is 17.4 Å². The quantitative estimate of drug-likeness (QED) is 0.322. The highest BCUT2D eigenvalue weighted by Gasteiger charge is 2.41. The van der Waals surface area contributed by atoms with Gasteiger partial charge in [0.25, 0.3) is 5.91 Å². The molecule has 2 atom stereocenters. The van der Waals surface area contributed by atoms with Crippen LogP contribution in [-0.4, -0.2) is 39.6 Å². The van der Waals surface area contributed by atoms with Crippen molar-refractivity contribution in [1.82, 2.24) is 5.32 Å². The van der Waals surface area contributed by atoms with E-state index in [-0.39, 0.29) is 17.6 Å². The van der Waals surface area contributed by atoms with Gasteiger partial charge in [-0.2, -0.15) is 0 Å². The van der Waals surface area contributed by atoms with Crippen LogP contribution in [0.5, 0.6) is 23.0 Å². The lowest BCUT2D eigenvalue weighted by atomic mass is 9.71. The summed E-state index contributed by atoms with van der Waals surface area (Å²) in [5.41, 5.74) is 5.02. The predicted octanol–water partition coefficient (Wildman–Crippen LogP) is 6.11. The third kappa shape index (κ3) is 5.57. The monoisotopic (exact) mass is 568 g/mol. The first-order chi connectivity index (χ1) is 20.4. The van der Waals surface area contributed by atoms with Gasteiger partial charge in [0.2, 0.25) is 0 Å². The van der Waals surface area contributed by atoms with Crippen LogP contribution in [0.25, 0.3) is 0 Å². The van der Waals surface area contributed by atoms with Crippen LogP contribution in [0.15, 0.2) is 89.3 Å². The zero-order valence-corrected chi connectivity index (χ0v) is 24.6. The summed E-state index contributed by atoms with van der Waals surface area (Å²) in [5.74, 6) is 1.64. The Morgan fingerprint density at radius 3 is 2.26 bits per heavy atom. The number of hydrogen-bond donors (Lipinski definition) is 2. The lowest BCUT2D eigenvalue weighted by Crippen LogP contribution is -2.37. The molecule has 2 aliphatic rings. The molecule has 0 spiro atoms. The summed E-state index contributed by atoms with van der Waals surface area (Å²) in [6.45, 7) is 4.36. The average Bonchev–Trinajstić information content (AvgIpc) is 3.00. The molecule has 218 valence electrons. The standard InChI is InChI=1S/C34H36N2O6/c1-6-42-24-14-11-21(12-15-24)32-31(34(38)36-25-9-7-8-10-28(25)39-3)20(2)35-26-17-23(18-27(37)33(26)32)22-13-16-29(40-4)30(19-22)41-5/h7-16,19,23,32,35H,6,17-18H2,1-5H3,(H,36,38)/t23-,32-/m1/s1. The van der Waals surface area contributed by atoms with Crippen molar-refractivity contribution in [3.8, 4) is 23.0 Å². The van der Waals surface area contributed by atoms with Gasteiger partial charge in [-0.3, -0.25) is 9.59 Å². The van der Waals surface area contributed by atoms with E-state index in [0.29, 0.717) is 59.2 Å². The zero-order chi connectivity index (χ0) is 29.8. The first-order valence-electron chi connectivity index (χ1n) is 14.0. The van der Waals surface area contributed by atoms with Crippen LogP contribution >= 0.6 is 0 Å². The molecule has 0 saturated carbocycles. The molecule has 0 fully saturated rings. The highest BCUT2D eigenvalue weighted by molar-refractivity contribution is 6.10. The molecule has 2 N–H and O–H groups in total. The average molecular weight is 569 g/mol. The van der Waals surface area contributed by atoms with E-state index in [0.717, 1.165) is 22.6 Å². The number of hydrogen-bond acceptors (Lipinski definition) is 7. The van der Waals surface area contributed by atoms with Gasteiger partial charge in [0, 0.05) is 34.9 Å².